The van der Waals surface area contributed by atoms with E-state index in [1.165, 1.54) is 5.56 Å². The fourth-order valence-corrected chi connectivity index (χ4v) is 1.86. The van der Waals surface area contributed by atoms with Crippen molar-refractivity contribution < 1.29 is 0 Å². The van der Waals surface area contributed by atoms with Gasteiger partial charge in [-0.05, 0) is 43.7 Å². The Labute approximate surface area is 102 Å². The Morgan fingerprint density at radius 1 is 1.18 bits per heavy atom. The number of nitrogens with two attached hydrogens (primary N) is 1. The highest BCUT2D eigenvalue weighted by Gasteiger charge is 2.08. The van der Waals surface area contributed by atoms with Crippen LogP contribution in [-0.4, -0.2) is 11.5 Å². The Hall–Kier alpha value is -2.03. The molecule has 0 spiro atoms. The molecule has 2 rings (SSSR count). The van der Waals surface area contributed by atoms with Gasteiger partial charge in [0.2, 0.25) is 0 Å². The Kier molecular flexibility index (Phi) is 3.28. The summed E-state index contributed by atoms with van der Waals surface area (Å²) in [5.74, 6) is 1.44. The van der Waals surface area contributed by atoms with E-state index in [1.807, 2.05) is 12.1 Å². The summed E-state index contributed by atoms with van der Waals surface area (Å²) < 4.78 is 0. The molecule has 88 valence electrons. The zero-order valence-electron chi connectivity index (χ0n) is 10.2. The Balaban J connectivity index is 2.40. The smallest absolute Gasteiger partial charge is 0.135 e. The van der Waals surface area contributed by atoms with Gasteiger partial charge in [-0.25, -0.2) is 4.98 Å². The minimum absolute atomic E-state index is 0.550. The minimum Gasteiger partial charge on any atom is -0.384 e. The first-order valence-electron chi connectivity index (χ1n) is 5.77. The number of aromatic nitrogens is 1. The monoisotopic (exact) mass is 227 g/mol. The highest BCUT2D eigenvalue weighted by Crippen LogP contribution is 2.24. The summed E-state index contributed by atoms with van der Waals surface area (Å²) in [5, 5.41) is 0. The van der Waals surface area contributed by atoms with Crippen molar-refractivity contribution in [3.8, 4) is 0 Å². The summed E-state index contributed by atoms with van der Waals surface area (Å²) in [4.78, 5) is 6.50. The molecule has 0 saturated carbocycles. The number of hydrogen-bond donors (Lipinski definition) is 1. The maximum Gasteiger partial charge on any atom is 0.135 e. The van der Waals surface area contributed by atoms with Gasteiger partial charge >= 0.3 is 0 Å². The molecular formula is C14H17N3. The highest BCUT2D eigenvalue weighted by molar-refractivity contribution is 5.61. The van der Waals surface area contributed by atoms with E-state index < -0.39 is 0 Å². The van der Waals surface area contributed by atoms with Gasteiger partial charge in [0.1, 0.15) is 11.6 Å². The SMILES string of the molecule is CCN(c1cccc(C)c1)c1cccc(N)n1. The third-order valence-electron chi connectivity index (χ3n) is 2.66. The van der Waals surface area contributed by atoms with Crippen LogP contribution in [0.15, 0.2) is 42.5 Å². The molecule has 1 heterocycles. The van der Waals surface area contributed by atoms with Crippen LogP contribution < -0.4 is 10.6 Å². The van der Waals surface area contributed by atoms with Crippen LogP contribution in [0.1, 0.15) is 12.5 Å². The molecule has 17 heavy (non-hydrogen) atoms. The predicted molar refractivity (Wildman–Crippen MR) is 72.5 cm³/mol. The van der Waals surface area contributed by atoms with E-state index in [4.69, 9.17) is 5.73 Å². The molecule has 0 saturated heterocycles. The molecule has 0 unspecified atom stereocenters. The maximum absolute atomic E-state index is 5.72. The van der Waals surface area contributed by atoms with Crippen molar-refractivity contribution in [1.82, 2.24) is 4.98 Å². The lowest BCUT2D eigenvalue weighted by molar-refractivity contribution is 0.991. The molecule has 1 aromatic carbocycles. The molecule has 0 aliphatic heterocycles. The van der Waals surface area contributed by atoms with Crippen LogP contribution in [0.3, 0.4) is 0 Å². The van der Waals surface area contributed by atoms with Gasteiger partial charge in [-0.15, -0.1) is 0 Å². The van der Waals surface area contributed by atoms with E-state index in [1.54, 1.807) is 6.07 Å². The first-order valence-corrected chi connectivity index (χ1v) is 5.77. The summed E-state index contributed by atoms with van der Waals surface area (Å²) in [5.41, 5.74) is 8.11. The summed E-state index contributed by atoms with van der Waals surface area (Å²) in [7, 11) is 0. The standard InChI is InChI=1S/C14H17N3/c1-3-17(12-7-4-6-11(2)10-12)14-9-5-8-13(15)16-14/h4-10H,3H2,1-2H3,(H2,15,16). The average Bonchev–Trinajstić information content (AvgIpc) is 2.30. The molecule has 0 atom stereocenters. The van der Waals surface area contributed by atoms with E-state index in [-0.39, 0.29) is 0 Å². The molecule has 0 fully saturated rings. The second-order valence-corrected chi connectivity index (χ2v) is 4.00. The van der Waals surface area contributed by atoms with E-state index in [0.29, 0.717) is 5.82 Å². The third-order valence-corrected chi connectivity index (χ3v) is 2.66. The van der Waals surface area contributed by atoms with Crippen molar-refractivity contribution in [2.75, 3.05) is 17.2 Å². The molecule has 0 aliphatic carbocycles. The van der Waals surface area contributed by atoms with Gasteiger partial charge in [-0.2, -0.15) is 0 Å². The average molecular weight is 227 g/mol. The van der Waals surface area contributed by atoms with E-state index in [0.717, 1.165) is 18.1 Å². The minimum atomic E-state index is 0.550. The number of anilines is 3. The number of hydrogen-bond acceptors (Lipinski definition) is 3. The van der Waals surface area contributed by atoms with E-state index >= 15 is 0 Å². The number of nitrogen functional groups attached to an aromatic ring is 1. The van der Waals surface area contributed by atoms with Crippen LogP contribution in [-0.2, 0) is 0 Å². The van der Waals surface area contributed by atoms with Crippen LogP contribution >= 0.6 is 0 Å². The van der Waals surface area contributed by atoms with Gasteiger partial charge in [-0.1, -0.05) is 18.2 Å². The Bertz CT molecular complexity index is 463. The summed E-state index contributed by atoms with van der Waals surface area (Å²) in [6.45, 7) is 5.05. The molecule has 3 heteroatoms. The van der Waals surface area contributed by atoms with Crippen molar-refractivity contribution in [3.05, 3.63) is 48.0 Å². The molecule has 3 nitrogen and oxygen atoms in total. The van der Waals surface area contributed by atoms with Gasteiger partial charge in [0.05, 0.1) is 0 Å². The van der Waals surface area contributed by atoms with Crippen LogP contribution in [0, 0.1) is 6.92 Å². The summed E-state index contributed by atoms with van der Waals surface area (Å²) >= 11 is 0. The molecule has 2 aromatic rings. The molecule has 1 aromatic heterocycles. The fraction of sp³-hybridized carbons (Fsp3) is 0.214. The second kappa shape index (κ2) is 4.87. The van der Waals surface area contributed by atoms with Crippen LogP contribution in [0.2, 0.25) is 0 Å². The topological polar surface area (TPSA) is 42.1 Å². The Morgan fingerprint density at radius 2 is 1.94 bits per heavy atom. The van der Waals surface area contributed by atoms with Crippen molar-refractivity contribution in [3.63, 3.8) is 0 Å². The lowest BCUT2D eigenvalue weighted by Gasteiger charge is -2.22. The predicted octanol–water partition coefficient (Wildman–Crippen LogP) is 3.13. The van der Waals surface area contributed by atoms with E-state index in [2.05, 4.69) is 48.0 Å². The lowest BCUT2D eigenvalue weighted by Crippen LogP contribution is -2.17. The van der Waals surface area contributed by atoms with Crippen LogP contribution in [0.4, 0.5) is 17.3 Å². The van der Waals surface area contributed by atoms with Gasteiger partial charge in [-0.3, -0.25) is 0 Å². The molecule has 0 radical (unpaired) electrons. The number of rotatable bonds is 3. The Morgan fingerprint density at radius 3 is 2.59 bits per heavy atom. The largest absolute Gasteiger partial charge is 0.384 e. The molecular weight excluding hydrogens is 210 g/mol. The zero-order chi connectivity index (χ0) is 12.3. The first-order chi connectivity index (χ1) is 8.20. The van der Waals surface area contributed by atoms with Crippen molar-refractivity contribution in [1.29, 1.82) is 0 Å². The van der Waals surface area contributed by atoms with Gasteiger partial charge in [0.25, 0.3) is 0 Å². The quantitative estimate of drug-likeness (QED) is 0.876. The molecule has 0 amide bonds. The van der Waals surface area contributed by atoms with Gasteiger partial charge < -0.3 is 10.6 Å². The van der Waals surface area contributed by atoms with Gasteiger partial charge in [0, 0.05) is 12.2 Å². The maximum atomic E-state index is 5.72. The molecule has 0 bridgehead atoms. The molecule has 0 aliphatic rings. The third kappa shape index (κ3) is 2.56. The second-order valence-electron chi connectivity index (χ2n) is 4.00. The van der Waals surface area contributed by atoms with Gasteiger partial charge in [0.15, 0.2) is 0 Å². The zero-order valence-corrected chi connectivity index (χ0v) is 10.2. The van der Waals surface area contributed by atoms with Crippen LogP contribution in [0.5, 0.6) is 0 Å². The normalized spacial score (nSPS) is 10.2. The van der Waals surface area contributed by atoms with Crippen LogP contribution in [0.25, 0.3) is 0 Å². The number of aryl methyl sites for hydroxylation is 1. The number of nitrogens with zero attached hydrogens (tertiary/aromatic N) is 2. The highest BCUT2D eigenvalue weighted by atomic mass is 15.2. The summed E-state index contributed by atoms with van der Waals surface area (Å²) in [6.07, 6.45) is 0. The lowest BCUT2D eigenvalue weighted by atomic mass is 10.2. The molecule has 2 N–H and O–H groups in total. The number of pyridine rings is 1. The van der Waals surface area contributed by atoms with E-state index in [9.17, 15) is 0 Å². The van der Waals surface area contributed by atoms with Crippen molar-refractivity contribution in [2.45, 2.75) is 13.8 Å². The van der Waals surface area contributed by atoms with Crippen molar-refractivity contribution in [2.24, 2.45) is 0 Å². The summed E-state index contributed by atoms with van der Waals surface area (Å²) in [6, 6.07) is 14.1. The first kappa shape index (κ1) is 11.5. The fourth-order valence-electron chi connectivity index (χ4n) is 1.86. The number of benzene rings is 1. The van der Waals surface area contributed by atoms with Crippen molar-refractivity contribution >= 4 is 17.3 Å².